The Morgan fingerprint density at radius 3 is 2.32 bits per heavy atom. The number of para-hydroxylation sites is 2. The number of carboxylic acid groups (broad SMARTS) is 1. The molecule has 0 radical (unpaired) electrons. The van der Waals surface area contributed by atoms with Gasteiger partial charge in [-0.1, -0.05) is 30.3 Å². The molecule has 2 aromatic heterocycles. The van der Waals surface area contributed by atoms with E-state index in [-0.39, 0.29) is 25.4 Å². The van der Waals surface area contributed by atoms with E-state index in [1.165, 1.54) is 0 Å². The highest BCUT2D eigenvalue weighted by Gasteiger charge is 2.33. The SMILES string of the molecule is O=C(O)C1CCN(C(=O)[C@@H](Cc2c[nH]c3ccccc23)n2c(=O)[nH]c3ccccc3c2=O)CC1. The highest BCUT2D eigenvalue weighted by molar-refractivity contribution is 5.86. The van der Waals surface area contributed by atoms with Gasteiger partial charge in [0.25, 0.3) is 5.56 Å². The van der Waals surface area contributed by atoms with E-state index in [4.69, 9.17) is 0 Å². The average Bonchev–Trinajstić information content (AvgIpc) is 3.26. The first-order chi connectivity index (χ1) is 16.4. The molecule has 3 heterocycles. The van der Waals surface area contributed by atoms with E-state index in [2.05, 4.69) is 9.97 Å². The maximum atomic E-state index is 13.7. The molecule has 9 nitrogen and oxygen atoms in total. The van der Waals surface area contributed by atoms with Gasteiger partial charge in [-0.25, -0.2) is 9.36 Å². The molecule has 1 aliphatic rings. The van der Waals surface area contributed by atoms with Crippen LogP contribution in [0.4, 0.5) is 0 Å². The molecule has 3 N–H and O–H groups in total. The van der Waals surface area contributed by atoms with Crippen LogP contribution < -0.4 is 11.2 Å². The summed E-state index contributed by atoms with van der Waals surface area (Å²) in [7, 11) is 0. The van der Waals surface area contributed by atoms with Crippen molar-refractivity contribution in [1.29, 1.82) is 0 Å². The standard InChI is InChI=1S/C25H24N4O5/c30-22-18-6-2-4-8-20(18)27-25(34)29(22)21(13-16-14-26-19-7-3-1-5-17(16)19)23(31)28-11-9-15(10-12-28)24(32)33/h1-8,14-15,21,26H,9-13H2,(H,27,34)(H,32,33)/t21-/m1/s1. The monoisotopic (exact) mass is 460 g/mol. The summed E-state index contributed by atoms with van der Waals surface area (Å²) in [6, 6.07) is 13.3. The van der Waals surface area contributed by atoms with Crippen molar-refractivity contribution in [3.8, 4) is 0 Å². The number of fused-ring (bicyclic) bond motifs is 2. The molecule has 34 heavy (non-hydrogen) atoms. The minimum Gasteiger partial charge on any atom is -0.481 e. The van der Waals surface area contributed by atoms with Crippen LogP contribution in [0.3, 0.4) is 0 Å². The summed E-state index contributed by atoms with van der Waals surface area (Å²) in [5.41, 5.74) is 0.939. The summed E-state index contributed by atoms with van der Waals surface area (Å²) in [6.45, 7) is 0.529. The number of rotatable bonds is 5. The first kappa shape index (κ1) is 21.7. The quantitative estimate of drug-likeness (QED) is 0.421. The third kappa shape index (κ3) is 3.79. The maximum absolute atomic E-state index is 13.7. The van der Waals surface area contributed by atoms with E-state index in [0.29, 0.717) is 23.7 Å². The van der Waals surface area contributed by atoms with E-state index in [1.807, 2.05) is 24.3 Å². The lowest BCUT2D eigenvalue weighted by molar-refractivity contribution is -0.146. The number of aromatic amines is 2. The average molecular weight is 460 g/mol. The van der Waals surface area contributed by atoms with E-state index in [0.717, 1.165) is 21.0 Å². The summed E-state index contributed by atoms with van der Waals surface area (Å²) in [4.78, 5) is 59.0. The number of likely N-dealkylation sites (tertiary alicyclic amines) is 1. The fourth-order valence-electron chi connectivity index (χ4n) is 4.81. The van der Waals surface area contributed by atoms with Crippen molar-refractivity contribution in [3.05, 3.63) is 81.1 Å². The van der Waals surface area contributed by atoms with Crippen molar-refractivity contribution in [2.45, 2.75) is 25.3 Å². The number of carbonyl (C=O) groups excluding carboxylic acids is 1. The molecule has 0 spiro atoms. The zero-order valence-electron chi connectivity index (χ0n) is 18.4. The van der Waals surface area contributed by atoms with Crippen molar-refractivity contribution >= 4 is 33.7 Å². The number of carbonyl (C=O) groups is 2. The van der Waals surface area contributed by atoms with Crippen LogP contribution in [-0.4, -0.2) is 49.5 Å². The van der Waals surface area contributed by atoms with Gasteiger partial charge >= 0.3 is 11.7 Å². The molecule has 9 heteroatoms. The van der Waals surface area contributed by atoms with Crippen molar-refractivity contribution in [2.24, 2.45) is 5.92 Å². The van der Waals surface area contributed by atoms with Gasteiger partial charge in [0.1, 0.15) is 6.04 Å². The Morgan fingerprint density at radius 1 is 0.971 bits per heavy atom. The zero-order valence-corrected chi connectivity index (χ0v) is 18.4. The van der Waals surface area contributed by atoms with Crippen LogP contribution in [-0.2, 0) is 16.0 Å². The number of nitrogens with zero attached hydrogens (tertiary/aromatic N) is 2. The minimum absolute atomic E-state index is 0.142. The van der Waals surface area contributed by atoms with Crippen LogP contribution in [0.2, 0.25) is 0 Å². The van der Waals surface area contributed by atoms with Gasteiger partial charge in [-0.05, 0) is 36.6 Å². The number of amides is 1. The second-order valence-electron chi connectivity index (χ2n) is 8.67. The van der Waals surface area contributed by atoms with Crippen LogP contribution in [0.15, 0.2) is 64.3 Å². The van der Waals surface area contributed by atoms with Crippen LogP contribution in [0.5, 0.6) is 0 Å². The number of benzene rings is 2. The fourth-order valence-corrected chi connectivity index (χ4v) is 4.81. The lowest BCUT2D eigenvalue weighted by atomic mass is 9.95. The third-order valence-electron chi connectivity index (χ3n) is 6.68. The van der Waals surface area contributed by atoms with Crippen LogP contribution in [0.1, 0.15) is 24.4 Å². The smallest absolute Gasteiger partial charge is 0.329 e. The molecule has 0 unspecified atom stereocenters. The van der Waals surface area contributed by atoms with Gasteiger partial charge in [-0.15, -0.1) is 0 Å². The molecule has 4 aromatic rings. The molecule has 1 aliphatic heterocycles. The van der Waals surface area contributed by atoms with Crippen molar-refractivity contribution in [2.75, 3.05) is 13.1 Å². The second kappa shape index (κ2) is 8.66. The number of carboxylic acids is 1. The van der Waals surface area contributed by atoms with E-state index >= 15 is 0 Å². The van der Waals surface area contributed by atoms with Crippen molar-refractivity contribution < 1.29 is 14.7 Å². The van der Waals surface area contributed by atoms with Gasteiger partial charge in [0, 0.05) is 36.6 Å². The molecule has 1 saturated heterocycles. The van der Waals surface area contributed by atoms with Gasteiger partial charge in [0.2, 0.25) is 5.91 Å². The molecule has 0 bridgehead atoms. The number of piperidine rings is 1. The predicted octanol–water partition coefficient (Wildman–Crippen LogP) is 2.28. The third-order valence-corrected chi connectivity index (χ3v) is 6.68. The zero-order chi connectivity index (χ0) is 23.8. The Morgan fingerprint density at radius 2 is 1.62 bits per heavy atom. The first-order valence-electron chi connectivity index (χ1n) is 11.2. The number of hydrogen-bond acceptors (Lipinski definition) is 4. The molecule has 2 aromatic carbocycles. The number of hydrogen-bond donors (Lipinski definition) is 3. The van der Waals surface area contributed by atoms with Crippen LogP contribution >= 0.6 is 0 Å². The number of nitrogens with one attached hydrogen (secondary N) is 2. The highest BCUT2D eigenvalue weighted by atomic mass is 16.4. The molecule has 1 fully saturated rings. The minimum atomic E-state index is -1.07. The molecule has 5 rings (SSSR count). The number of aromatic nitrogens is 3. The number of H-pyrrole nitrogens is 2. The summed E-state index contributed by atoms with van der Waals surface area (Å²) < 4.78 is 1.01. The molecule has 174 valence electrons. The second-order valence-corrected chi connectivity index (χ2v) is 8.67. The van der Waals surface area contributed by atoms with E-state index in [9.17, 15) is 24.3 Å². The van der Waals surface area contributed by atoms with Gasteiger partial charge in [-0.3, -0.25) is 14.4 Å². The summed E-state index contributed by atoms with van der Waals surface area (Å²) in [5.74, 6) is -1.73. The summed E-state index contributed by atoms with van der Waals surface area (Å²) >= 11 is 0. The largest absolute Gasteiger partial charge is 0.481 e. The van der Waals surface area contributed by atoms with Crippen molar-refractivity contribution in [1.82, 2.24) is 19.4 Å². The van der Waals surface area contributed by atoms with Gasteiger partial charge in [0.05, 0.1) is 16.8 Å². The fraction of sp³-hybridized carbons (Fsp3) is 0.280. The molecule has 1 amide bonds. The Bertz CT molecular complexity index is 1510. The molecular weight excluding hydrogens is 436 g/mol. The highest BCUT2D eigenvalue weighted by Crippen LogP contribution is 2.25. The van der Waals surface area contributed by atoms with Crippen LogP contribution in [0, 0.1) is 5.92 Å². The van der Waals surface area contributed by atoms with E-state index in [1.54, 1.807) is 35.4 Å². The molecule has 1 atom stereocenters. The Labute approximate surface area is 193 Å². The van der Waals surface area contributed by atoms with Crippen LogP contribution in [0.25, 0.3) is 21.8 Å². The summed E-state index contributed by atoms with van der Waals surface area (Å²) in [6.07, 6.45) is 2.61. The maximum Gasteiger partial charge on any atom is 0.329 e. The molecule has 0 saturated carbocycles. The molecular formula is C25H24N4O5. The normalized spacial score (nSPS) is 15.6. The predicted molar refractivity (Wildman–Crippen MR) is 127 cm³/mol. The number of aliphatic carboxylic acids is 1. The molecule has 0 aliphatic carbocycles. The van der Waals surface area contributed by atoms with Gasteiger partial charge in [0.15, 0.2) is 0 Å². The lowest BCUT2D eigenvalue weighted by Gasteiger charge is -2.33. The summed E-state index contributed by atoms with van der Waals surface area (Å²) in [5, 5.41) is 10.5. The first-order valence-corrected chi connectivity index (χ1v) is 11.2. The van der Waals surface area contributed by atoms with Gasteiger partial charge in [-0.2, -0.15) is 0 Å². The van der Waals surface area contributed by atoms with E-state index < -0.39 is 29.2 Å². The van der Waals surface area contributed by atoms with Crippen molar-refractivity contribution in [3.63, 3.8) is 0 Å². The Kier molecular flexibility index (Phi) is 5.53. The topological polar surface area (TPSA) is 128 Å². The lowest BCUT2D eigenvalue weighted by Crippen LogP contribution is -2.49. The Balaban J connectivity index is 1.59. The Hall–Kier alpha value is -4.14. The van der Waals surface area contributed by atoms with Gasteiger partial charge < -0.3 is 20.0 Å².